The zero-order valence-corrected chi connectivity index (χ0v) is 14.2. The van der Waals surface area contributed by atoms with Crippen LogP contribution >= 0.6 is 15.9 Å². The van der Waals surface area contributed by atoms with Crippen LogP contribution in [-0.2, 0) is 16.2 Å². The third-order valence-corrected chi connectivity index (χ3v) is 5.41. The summed E-state index contributed by atoms with van der Waals surface area (Å²) in [5.41, 5.74) is -1.93. The maximum Gasteiger partial charge on any atom is 0.418 e. The smallest absolute Gasteiger partial charge is 0.207 e. The Balaban J connectivity index is 3.49. The van der Waals surface area contributed by atoms with Gasteiger partial charge in [0.15, 0.2) is 0 Å². The Labute approximate surface area is 137 Å². The highest BCUT2D eigenvalue weighted by Gasteiger charge is 2.44. The molecule has 23 heavy (non-hydrogen) atoms. The Morgan fingerprint density at radius 2 is 1.70 bits per heavy atom. The molecule has 0 spiro atoms. The van der Waals surface area contributed by atoms with Gasteiger partial charge in [-0.3, -0.25) is 0 Å². The highest BCUT2D eigenvalue weighted by atomic mass is 79.9. The maximum absolute atomic E-state index is 13.1. The zero-order valence-electron chi connectivity index (χ0n) is 11.8. The Morgan fingerprint density at radius 1 is 1.17 bits per heavy atom. The third-order valence-electron chi connectivity index (χ3n) is 3.03. The second kappa shape index (κ2) is 6.60. The van der Waals surface area contributed by atoms with Gasteiger partial charge in [0.25, 0.3) is 0 Å². The first kappa shape index (κ1) is 20.2. The van der Waals surface area contributed by atoms with Gasteiger partial charge >= 0.3 is 12.4 Å². The predicted octanol–water partition coefficient (Wildman–Crippen LogP) is 4.40. The molecule has 0 aliphatic carbocycles. The molecule has 1 atom stereocenters. The molecule has 1 N–H and O–H groups in total. The van der Waals surface area contributed by atoms with Crippen molar-refractivity contribution in [2.45, 2.75) is 43.6 Å². The Morgan fingerprint density at radius 3 is 2.09 bits per heavy atom. The van der Waals surface area contributed by atoms with Crippen molar-refractivity contribution in [3.63, 3.8) is 0 Å². The summed E-state index contributed by atoms with van der Waals surface area (Å²) < 4.78 is 103. The van der Waals surface area contributed by atoms with Gasteiger partial charge in [0.1, 0.15) is 6.04 Å². The van der Waals surface area contributed by atoms with E-state index in [-0.39, 0.29) is 4.47 Å². The molecule has 0 bridgehead atoms. The average molecular weight is 428 g/mol. The van der Waals surface area contributed by atoms with Gasteiger partial charge in [-0.15, -0.1) is 0 Å². The molecule has 0 aliphatic heterocycles. The van der Waals surface area contributed by atoms with E-state index in [1.54, 1.807) is 0 Å². The van der Waals surface area contributed by atoms with Crippen LogP contribution in [0.2, 0.25) is 0 Å². The second-order valence-electron chi connectivity index (χ2n) is 4.67. The van der Waals surface area contributed by atoms with Gasteiger partial charge < -0.3 is 0 Å². The van der Waals surface area contributed by atoms with E-state index in [2.05, 4.69) is 15.9 Å². The van der Waals surface area contributed by atoms with Crippen LogP contribution in [0.15, 0.2) is 21.5 Å². The van der Waals surface area contributed by atoms with Gasteiger partial charge in [-0.1, -0.05) is 22.9 Å². The molecule has 1 aromatic rings. The molecule has 1 rings (SSSR count). The summed E-state index contributed by atoms with van der Waals surface area (Å²) >= 11 is 2.84. The van der Waals surface area contributed by atoms with E-state index in [1.807, 2.05) is 0 Å². The first-order valence-electron chi connectivity index (χ1n) is 6.17. The van der Waals surface area contributed by atoms with Gasteiger partial charge in [0.05, 0.1) is 10.5 Å². The van der Waals surface area contributed by atoms with E-state index in [0.29, 0.717) is 6.07 Å². The number of rotatable bonds is 4. The molecule has 3 nitrogen and oxygen atoms in total. The van der Waals surface area contributed by atoms with Crippen LogP contribution in [-0.4, -0.2) is 20.6 Å². The molecular weight excluding hydrogens is 416 g/mol. The summed E-state index contributed by atoms with van der Waals surface area (Å²) in [6.07, 6.45) is -10.6. The van der Waals surface area contributed by atoms with Gasteiger partial charge in [0, 0.05) is 4.47 Å². The zero-order chi connectivity index (χ0) is 18.2. The molecule has 0 aromatic heterocycles. The lowest BCUT2D eigenvalue weighted by atomic mass is 10.1. The average Bonchev–Trinajstić information content (AvgIpc) is 2.36. The molecular formula is C12H12BrF6NO2S. The Hall–Kier alpha value is -0.810. The number of sulfonamides is 1. The standard InChI is InChI=1S/C12H12BrF6NO2S/c1-3-9(11(14,15)16)20-23(21,22)8-5-4-7(13)6(2)10(8)12(17,18)19/h4-5,9,20H,3H2,1-2H3/t9-/m0/s1. The van der Waals surface area contributed by atoms with E-state index >= 15 is 0 Å². The van der Waals surface area contributed by atoms with Crippen LogP contribution in [0.25, 0.3) is 0 Å². The lowest BCUT2D eigenvalue weighted by Gasteiger charge is -2.22. The van der Waals surface area contributed by atoms with Gasteiger partial charge in [-0.05, 0) is 31.0 Å². The van der Waals surface area contributed by atoms with Crippen LogP contribution in [0.4, 0.5) is 26.3 Å². The lowest BCUT2D eigenvalue weighted by Crippen LogP contribution is -2.45. The van der Waals surface area contributed by atoms with Crippen LogP contribution in [0.5, 0.6) is 0 Å². The Bertz CT molecular complexity index is 684. The quantitative estimate of drug-likeness (QED) is 0.724. The van der Waals surface area contributed by atoms with E-state index < -0.39 is 50.9 Å². The van der Waals surface area contributed by atoms with Crippen molar-refractivity contribution in [2.75, 3.05) is 0 Å². The van der Waals surface area contributed by atoms with Gasteiger partial charge in [-0.25, -0.2) is 8.42 Å². The molecule has 11 heteroatoms. The summed E-state index contributed by atoms with van der Waals surface area (Å²) in [7, 11) is -5.02. The normalized spacial score (nSPS) is 14.8. The van der Waals surface area contributed by atoms with Crippen molar-refractivity contribution in [1.29, 1.82) is 0 Å². The van der Waals surface area contributed by atoms with Gasteiger partial charge in [0.2, 0.25) is 10.0 Å². The topological polar surface area (TPSA) is 46.2 Å². The van der Waals surface area contributed by atoms with Crippen LogP contribution in [0.1, 0.15) is 24.5 Å². The predicted molar refractivity (Wildman–Crippen MR) is 74.3 cm³/mol. The van der Waals surface area contributed by atoms with E-state index in [4.69, 9.17) is 0 Å². The minimum absolute atomic E-state index is 0.00774. The molecule has 132 valence electrons. The number of hydrogen-bond donors (Lipinski definition) is 1. The molecule has 0 heterocycles. The minimum atomic E-state index is -5.04. The highest BCUT2D eigenvalue weighted by molar-refractivity contribution is 9.10. The summed E-state index contributed by atoms with van der Waals surface area (Å²) in [6, 6.07) is -0.823. The maximum atomic E-state index is 13.1. The summed E-state index contributed by atoms with van der Waals surface area (Å²) in [6.45, 7) is 2.09. The largest absolute Gasteiger partial charge is 0.418 e. The van der Waals surface area contributed by atoms with E-state index in [0.717, 1.165) is 19.9 Å². The monoisotopic (exact) mass is 427 g/mol. The first-order chi connectivity index (χ1) is 10.2. The lowest BCUT2D eigenvalue weighted by molar-refractivity contribution is -0.151. The molecule has 0 unspecified atom stereocenters. The number of halogens is 7. The number of hydrogen-bond acceptors (Lipinski definition) is 2. The molecule has 0 amide bonds. The molecule has 0 radical (unpaired) electrons. The summed E-state index contributed by atoms with van der Waals surface area (Å²) in [5.74, 6) is 0. The fourth-order valence-corrected chi connectivity index (χ4v) is 3.79. The first-order valence-corrected chi connectivity index (χ1v) is 8.44. The third kappa shape index (κ3) is 4.60. The summed E-state index contributed by atoms with van der Waals surface area (Å²) in [4.78, 5) is -1.24. The molecule has 0 aliphatic rings. The number of nitrogens with one attached hydrogen (secondary N) is 1. The molecule has 0 fully saturated rings. The van der Waals surface area contributed by atoms with Crippen molar-refractivity contribution in [3.05, 3.63) is 27.7 Å². The van der Waals surface area contributed by atoms with E-state index in [1.165, 1.54) is 4.72 Å². The molecule has 1 aromatic carbocycles. The van der Waals surface area contributed by atoms with Gasteiger partial charge in [-0.2, -0.15) is 31.1 Å². The number of alkyl halides is 6. The van der Waals surface area contributed by atoms with Crippen molar-refractivity contribution in [3.8, 4) is 0 Å². The SMILES string of the molecule is CC[C@H](NS(=O)(=O)c1ccc(Br)c(C)c1C(F)(F)F)C(F)(F)F. The fourth-order valence-electron chi connectivity index (χ4n) is 1.87. The number of benzene rings is 1. The van der Waals surface area contributed by atoms with E-state index in [9.17, 15) is 34.8 Å². The Kier molecular flexibility index (Phi) is 5.80. The van der Waals surface area contributed by atoms with Crippen molar-refractivity contribution < 1.29 is 34.8 Å². The highest BCUT2D eigenvalue weighted by Crippen LogP contribution is 2.39. The molecule has 0 saturated heterocycles. The fraction of sp³-hybridized carbons (Fsp3) is 0.500. The van der Waals surface area contributed by atoms with Crippen LogP contribution < -0.4 is 4.72 Å². The second-order valence-corrected chi connectivity index (χ2v) is 7.20. The van der Waals surface area contributed by atoms with Crippen molar-refractivity contribution in [2.24, 2.45) is 0 Å². The molecule has 0 saturated carbocycles. The van der Waals surface area contributed by atoms with Crippen molar-refractivity contribution in [1.82, 2.24) is 4.72 Å². The van der Waals surface area contributed by atoms with Crippen molar-refractivity contribution >= 4 is 26.0 Å². The minimum Gasteiger partial charge on any atom is -0.207 e. The van der Waals surface area contributed by atoms with Crippen LogP contribution in [0.3, 0.4) is 0 Å². The summed E-state index contributed by atoms with van der Waals surface area (Å²) in [5, 5.41) is 0. The van der Waals surface area contributed by atoms with Crippen LogP contribution in [0, 0.1) is 6.92 Å².